The van der Waals surface area contributed by atoms with Gasteiger partial charge in [-0.3, -0.25) is 4.79 Å². The number of benzene rings is 2. The molecule has 0 saturated heterocycles. The first-order chi connectivity index (χ1) is 15.7. The van der Waals surface area contributed by atoms with Crippen molar-refractivity contribution < 1.29 is 9.53 Å². The molecule has 0 amide bonds. The number of nitrogens with zero attached hydrogens (tertiary/aromatic N) is 2. The van der Waals surface area contributed by atoms with Gasteiger partial charge in [-0.25, -0.2) is 9.97 Å². The quantitative estimate of drug-likeness (QED) is 0.366. The zero-order chi connectivity index (χ0) is 22.5. The largest absolute Gasteiger partial charge is 0.457 e. The fourth-order valence-corrected chi connectivity index (χ4v) is 5.43. The number of fused-ring (bicyclic) bond motifs is 1. The number of rotatable bonds is 4. The Kier molecular flexibility index (Phi) is 6.81. The van der Waals surface area contributed by atoms with Gasteiger partial charge in [0.2, 0.25) is 0 Å². The van der Waals surface area contributed by atoms with Gasteiger partial charge in [-0.15, -0.1) is 11.3 Å². The zero-order valence-corrected chi connectivity index (χ0v) is 19.2. The Morgan fingerprint density at radius 2 is 1.59 bits per heavy atom. The molecule has 5 nitrogen and oxygen atoms in total. The fourth-order valence-electron chi connectivity index (χ4n) is 4.00. The lowest BCUT2D eigenvalue weighted by Gasteiger charge is -2.19. The van der Waals surface area contributed by atoms with E-state index < -0.39 is 0 Å². The minimum Gasteiger partial charge on any atom is -0.457 e. The third-order valence-corrected chi connectivity index (χ3v) is 6.95. The van der Waals surface area contributed by atoms with E-state index in [4.69, 9.17) is 10.5 Å². The van der Waals surface area contributed by atoms with E-state index in [1.54, 1.807) is 11.3 Å². The minimum absolute atomic E-state index is 0.346. The molecule has 0 atom stereocenters. The van der Waals surface area contributed by atoms with Crippen molar-refractivity contribution in [3.63, 3.8) is 0 Å². The van der Waals surface area contributed by atoms with Crippen LogP contribution in [0, 0.1) is 0 Å². The van der Waals surface area contributed by atoms with Crippen molar-refractivity contribution in [2.45, 2.75) is 45.4 Å². The highest BCUT2D eigenvalue weighted by Crippen LogP contribution is 2.46. The lowest BCUT2D eigenvalue weighted by molar-refractivity contribution is -0.120. The number of Topliss-reactive ketones (excluding diaryl/α,β-unsaturated/α-hetero) is 1. The number of carbonyl (C=O) groups is 1. The molecule has 2 heterocycles. The van der Waals surface area contributed by atoms with Gasteiger partial charge in [0, 0.05) is 22.6 Å². The Bertz CT molecular complexity index is 1190. The Labute approximate surface area is 192 Å². The predicted octanol–water partition coefficient (Wildman–Crippen LogP) is 6.99. The number of ketones is 1. The molecule has 1 aliphatic rings. The number of aromatic nitrogens is 2. The molecule has 0 aliphatic heterocycles. The van der Waals surface area contributed by atoms with Crippen molar-refractivity contribution in [2.75, 3.05) is 5.73 Å². The maximum absolute atomic E-state index is 11.7. The van der Waals surface area contributed by atoms with Gasteiger partial charge in [0.1, 0.15) is 29.4 Å². The van der Waals surface area contributed by atoms with Crippen LogP contribution < -0.4 is 10.5 Å². The van der Waals surface area contributed by atoms with E-state index in [0.717, 1.165) is 45.7 Å². The first-order valence-corrected chi connectivity index (χ1v) is 11.9. The van der Waals surface area contributed by atoms with Crippen LogP contribution in [0.25, 0.3) is 21.3 Å². The Morgan fingerprint density at radius 1 is 0.938 bits per heavy atom. The molecule has 2 N–H and O–H groups in total. The molecule has 1 aliphatic carbocycles. The second-order valence-corrected chi connectivity index (χ2v) is 8.58. The molecule has 32 heavy (non-hydrogen) atoms. The summed E-state index contributed by atoms with van der Waals surface area (Å²) in [6.45, 7) is 4.00. The lowest BCUT2D eigenvalue weighted by Crippen LogP contribution is -2.11. The van der Waals surface area contributed by atoms with Gasteiger partial charge < -0.3 is 10.5 Å². The average molecular weight is 446 g/mol. The van der Waals surface area contributed by atoms with Crippen LogP contribution in [-0.2, 0) is 4.79 Å². The monoisotopic (exact) mass is 445 g/mol. The Hall–Kier alpha value is -3.25. The normalized spacial score (nSPS) is 14.1. The van der Waals surface area contributed by atoms with E-state index in [2.05, 4.69) is 9.97 Å². The second kappa shape index (κ2) is 9.92. The van der Waals surface area contributed by atoms with E-state index in [1.807, 2.05) is 68.4 Å². The smallest absolute Gasteiger partial charge is 0.136 e. The molecule has 4 aromatic rings. The molecule has 0 radical (unpaired) electrons. The summed E-state index contributed by atoms with van der Waals surface area (Å²) in [5.74, 6) is 2.78. The number of hydrogen-bond acceptors (Lipinski definition) is 6. The highest BCUT2D eigenvalue weighted by Gasteiger charge is 2.26. The van der Waals surface area contributed by atoms with Crippen LogP contribution >= 0.6 is 11.3 Å². The number of hydrogen-bond donors (Lipinski definition) is 1. The number of carbonyl (C=O) groups excluding carboxylic acids is 1. The molecule has 1 saturated carbocycles. The van der Waals surface area contributed by atoms with E-state index in [1.165, 1.54) is 11.2 Å². The predicted molar refractivity (Wildman–Crippen MR) is 131 cm³/mol. The lowest BCUT2D eigenvalue weighted by atomic mass is 9.87. The number of thiophene rings is 1. The molecule has 6 heteroatoms. The van der Waals surface area contributed by atoms with Gasteiger partial charge >= 0.3 is 0 Å². The third-order valence-electron chi connectivity index (χ3n) is 5.56. The van der Waals surface area contributed by atoms with Crippen molar-refractivity contribution in [3.05, 3.63) is 65.8 Å². The molecule has 2 aromatic heterocycles. The molecule has 0 spiro atoms. The van der Waals surface area contributed by atoms with Gasteiger partial charge in [0.15, 0.2) is 0 Å². The number of nitrogen functional groups attached to an aromatic ring is 1. The molecule has 164 valence electrons. The van der Waals surface area contributed by atoms with Gasteiger partial charge in [-0.05, 0) is 60.7 Å². The SMILES string of the molecule is CC.Nc1ncnc2c(C3CCC(=O)CC3)sc(-c3ccc(Oc4ccccc4)cc3)c12. The highest BCUT2D eigenvalue weighted by molar-refractivity contribution is 7.17. The summed E-state index contributed by atoms with van der Waals surface area (Å²) in [6, 6.07) is 17.7. The number of anilines is 1. The maximum Gasteiger partial charge on any atom is 0.136 e. The number of nitrogens with two attached hydrogens (primary N) is 1. The molecule has 5 rings (SSSR count). The minimum atomic E-state index is 0.346. The van der Waals surface area contributed by atoms with E-state index in [-0.39, 0.29) is 0 Å². The van der Waals surface area contributed by atoms with Crippen molar-refractivity contribution in [2.24, 2.45) is 0 Å². The van der Waals surface area contributed by atoms with E-state index in [0.29, 0.717) is 30.4 Å². The summed E-state index contributed by atoms with van der Waals surface area (Å²) in [5.41, 5.74) is 8.25. The third kappa shape index (κ3) is 4.50. The van der Waals surface area contributed by atoms with Crippen LogP contribution in [0.1, 0.15) is 50.3 Å². The summed E-state index contributed by atoms with van der Waals surface area (Å²) >= 11 is 1.72. The van der Waals surface area contributed by atoms with Gasteiger partial charge in [0.25, 0.3) is 0 Å². The van der Waals surface area contributed by atoms with E-state index in [9.17, 15) is 4.79 Å². The second-order valence-electron chi connectivity index (χ2n) is 7.53. The van der Waals surface area contributed by atoms with Crippen molar-refractivity contribution >= 4 is 33.8 Å². The fraction of sp³-hybridized carbons (Fsp3) is 0.269. The van der Waals surface area contributed by atoms with Crippen molar-refractivity contribution in [1.82, 2.24) is 9.97 Å². The summed E-state index contributed by atoms with van der Waals surface area (Å²) in [6.07, 6.45) is 4.57. The van der Waals surface area contributed by atoms with Crippen LogP contribution in [0.4, 0.5) is 5.82 Å². The average Bonchev–Trinajstić information content (AvgIpc) is 3.23. The molecule has 0 unspecified atom stereocenters. The topological polar surface area (TPSA) is 78.1 Å². The Morgan fingerprint density at radius 3 is 2.28 bits per heavy atom. The van der Waals surface area contributed by atoms with Gasteiger partial charge in [-0.1, -0.05) is 32.0 Å². The summed E-state index contributed by atoms with van der Waals surface area (Å²) < 4.78 is 5.91. The maximum atomic E-state index is 11.7. The van der Waals surface area contributed by atoms with Crippen LogP contribution in [0.15, 0.2) is 60.9 Å². The van der Waals surface area contributed by atoms with Crippen LogP contribution in [0.2, 0.25) is 0 Å². The van der Waals surface area contributed by atoms with Gasteiger partial charge in [0.05, 0.1) is 10.9 Å². The molecular formula is C26H27N3O2S. The first kappa shape index (κ1) is 22.0. The summed E-state index contributed by atoms with van der Waals surface area (Å²) in [7, 11) is 0. The highest BCUT2D eigenvalue weighted by atomic mass is 32.1. The van der Waals surface area contributed by atoms with Crippen LogP contribution in [0.5, 0.6) is 11.5 Å². The molecule has 2 aromatic carbocycles. The molecule has 0 bridgehead atoms. The first-order valence-electron chi connectivity index (χ1n) is 11.1. The molecule has 1 fully saturated rings. The number of ether oxygens (including phenoxy) is 1. The Balaban J connectivity index is 0.00000119. The zero-order valence-electron chi connectivity index (χ0n) is 18.4. The molecular weight excluding hydrogens is 418 g/mol. The van der Waals surface area contributed by atoms with Gasteiger partial charge in [-0.2, -0.15) is 0 Å². The van der Waals surface area contributed by atoms with Crippen molar-refractivity contribution in [1.29, 1.82) is 0 Å². The summed E-state index contributed by atoms with van der Waals surface area (Å²) in [4.78, 5) is 22.8. The standard InChI is InChI=1S/C24H21N3O2S.C2H6/c25-24-20-21(26-14-27-24)23(16-6-10-17(28)11-7-16)30-22(20)15-8-12-19(13-9-15)29-18-4-2-1-3-5-18;1-2/h1-5,8-9,12-14,16H,6-7,10-11H2,(H2,25,26,27);1-2H3. The van der Waals surface area contributed by atoms with Crippen LogP contribution in [-0.4, -0.2) is 15.8 Å². The van der Waals surface area contributed by atoms with Crippen LogP contribution in [0.3, 0.4) is 0 Å². The number of para-hydroxylation sites is 1. The summed E-state index contributed by atoms with van der Waals surface area (Å²) in [5, 5.41) is 0.908. The van der Waals surface area contributed by atoms with Crippen molar-refractivity contribution in [3.8, 4) is 21.9 Å². The van der Waals surface area contributed by atoms with E-state index >= 15 is 0 Å².